The van der Waals surface area contributed by atoms with E-state index in [-0.39, 0.29) is 6.04 Å². The van der Waals surface area contributed by atoms with E-state index in [0.717, 1.165) is 9.72 Å². The Morgan fingerprint density at radius 3 is 2.62 bits per heavy atom. The van der Waals surface area contributed by atoms with Crippen molar-refractivity contribution in [2.45, 2.75) is 48.8 Å². The minimum absolute atomic E-state index is 0.0971. The molecule has 0 heterocycles. The SMILES string of the molecule is CC(N)c1ccc(SC2CCCC2)cc1Br. The van der Waals surface area contributed by atoms with E-state index in [2.05, 4.69) is 34.1 Å². The van der Waals surface area contributed by atoms with E-state index in [0.29, 0.717) is 0 Å². The van der Waals surface area contributed by atoms with Crippen LogP contribution < -0.4 is 5.73 Å². The van der Waals surface area contributed by atoms with E-state index < -0.39 is 0 Å². The van der Waals surface area contributed by atoms with Gasteiger partial charge < -0.3 is 5.73 Å². The number of thioether (sulfide) groups is 1. The summed E-state index contributed by atoms with van der Waals surface area (Å²) in [5.41, 5.74) is 7.08. The molecule has 1 fully saturated rings. The predicted octanol–water partition coefficient (Wildman–Crippen LogP) is 4.50. The van der Waals surface area contributed by atoms with Crippen LogP contribution in [-0.2, 0) is 0 Å². The third-order valence-electron chi connectivity index (χ3n) is 3.07. The van der Waals surface area contributed by atoms with Crippen molar-refractivity contribution in [2.24, 2.45) is 5.73 Å². The summed E-state index contributed by atoms with van der Waals surface area (Å²) in [6, 6.07) is 6.65. The van der Waals surface area contributed by atoms with Crippen LogP contribution >= 0.6 is 27.7 Å². The Hall–Kier alpha value is 0.01000. The average Bonchev–Trinajstić information content (AvgIpc) is 2.70. The normalized spacial score (nSPS) is 18.9. The first-order chi connectivity index (χ1) is 7.66. The van der Waals surface area contributed by atoms with Crippen molar-refractivity contribution in [3.63, 3.8) is 0 Å². The smallest absolute Gasteiger partial charge is 0.0277 e. The molecule has 1 aromatic rings. The van der Waals surface area contributed by atoms with Crippen molar-refractivity contribution >= 4 is 27.7 Å². The van der Waals surface area contributed by atoms with Crippen molar-refractivity contribution in [2.75, 3.05) is 0 Å². The van der Waals surface area contributed by atoms with Crippen LogP contribution in [0.3, 0.4) is 0 Å². The Balaban J connectivity index is 2.08. The summed E-state index contributed by atoms with van der Waals surface area (Å²) in [6.07, 6.45) is 5.54. The van der Waals surface area contributed by atoms with Gasteiger partial charge in [-0.3, -0.25) is 0 Å². The molecule has 1 atom stereocenters. The van der Waals surface area contributed by atoms with Gasteiger partial charge in [0.25, 0.3) is 0 Å². The molecule has 1 aromatic carbocycles. The van der Waals surface area contributed by atoms with Crippen LogP contribution in [0.15, 0.2) is 27.6 Å². The molecular formula is C13H18BrNS. The summed E-state index contributed by atoms with van der Waals surface area (Å²) in [7, 11) is 0. The van der Waals surface area contributed by atoms with Gasteiger partial charge in [-0.1, -0.05) is 34.8 Å². The van der Waals surface area contributed by atoms with Gasteiger partial charge in [0.15, 0.2) is 0 Å². The minimum Gasteiger partial charge on any atom is -0.324 e. The van der Waals surface area contributed by atoms with E-state index in [1.807, 2.05) is 18.7 Å². The minimum atomic E-state index is 0.0971. The van der Waals surface area contributed by atoms with Gasteiger partial charge in [0.05, 0.1) is 0 Å². The Morgan fingerprint density at radius 1 is 1.38 bits per heavy atom. The number of hydrogen-bond donors (Lipinski definition) is 1. The summed E-state index contributed by atoms with van der Waals surface area (Å²) in [6.45, 7) is 2.02. The molecule has 0 amide bonds. The van der Waals surface area contributed by atoms with Gasteiger partial charge in [-0.25, -0.2) is 0 Å². The van der Waals surface area contributed by atoms with Crippen LogP contribution in [0, 0.1) is 0 Å². The van der Waals surface area contributed by atoms with Crippen molar-refractivity contribution in [3.05, 3.63) is 28.2 Å². The monoisotopic (exact) mass is 299 g/mol. The lowest BCUT2D eigenvalue weighted by atomic mass is 10.1. The van der Waals surface area contributed by atoms with Gasteiger partial charge in [-0.2, -0.15) is 0 Å². The second kappa shape index (κ2) is 5.56. The zero-order valence-corrected chi connectivity index (χ0v) is 12.0. The maximum absolute atomic E-state index is 5.89. The van der Waals surface area contributed by atoms with Crippen molar-refractivity contribution in [1.82, 2.24) is 0 Å². The summed E-state index contributed by atoms with van der Waals surface area (Å²) in [4.78, 5) is 1.36. The fourth-order valence-corrected chi connectivity index (χ4v) is 4.33. The highest BCUT2D eigenvalue weighted by molar-refractivity contribution is 9.10. The van der Waals surface area contributed by atoms with Crippen molar-refractivity contribution in [1.29, 1.82) is 0 Å². The largest absolute Gasteiger partial charge is 0.324 e. The summed E-state index contributed by atoms with van der Waals surface area (Å²) < 4.78 is 1.14. The first kappa shape index (κ1) is 12.5. The molecule has 2 N–H and O–H groups in total. The van der Waals surface area contributed by atoms with Gasteiger partial charge in [-0.05, 0) is 37.5 Å². The fourth-order valence-electron chi connectivity index (χ4n) is 2.15. The molecule has 3 heteroatoms. The Labute approximate surface area is 110 Å². The van der Waals surface area contributed by atoms with E-state index in [9.17, 15) is 0 Å². The van der Waals surface area contributed by atoms with Crippen LogP contribution in [0.2, 0.25) is 0 Å². The maximum atomic E-state index is 5.89. The molecule has 16 heavy (non-hydrogen) atoms. The quantitative estimate of drug-likeness (QED) is 0.889. The zero-order chi connectivity index (χ0) is 11.5. The fraction of sp³-hybridized carbons (Fsp3) is 0.538. The molecule has 1 unspecified atom stereocenters. The van der Waals surface area contributed by atoms with Crippen LogP contribution in [0.4, 0.5) is 0 Å². The number of nitrogens with two attached hydrogens (primary N) is 1. The molecular weight excluding hydrogens is 282 g/mol. The lowest BCUT2D eigenvalue weighted by Crippen LogP contribution is -2.05. The van der Waals surface area contributed by atoms with Crippen molar-refractivity contribution in [3.8, 4) is 0 Å². The molecule has 1 saturated carbocycles. The molecule has 0 radical (unpaired) electrons. The Morgan fingerprint density at radius 2 is 2.06 bits per heavy atom. The lowest BCUT2D eigenvalue weighted by molar-refractivity contribution is 0.811. The van der Waals surface area contributed by atoms with E-state index >= 15 is 0 Å². The van der Waals surface area contributed by atoms with Crippen LogP contribution in [-0.4, -0.2) is 5.25 Å². The molecule has 0 bridgehead atoms. The highest BCUT2D eigenvalue weighted by Gasteiger charge is 2.16. The number of halogens is 1. The van der Waals surface area contributed by atoms with Crippen LogP contribution in [0.1, 0.15) is 44.2 Å². The van der Waals surface area contributed by atoms with Gasteiger partial charge in [-0.15, -0.1) is 11.8 Å². The lowest BCUT2D eigenvalue weighted by Gasteiger charge is -2.12. The summed E-state index contributed by atoms with van der Waals surface area (Å²) in [5.74, 6) is 0. The Bertz CT molecular complexity index is 359. The van der Waals surface area contributed by atoms with Gasteiger partial charge >= 0.3 is 0 Å². The third kappa shape index (κ3) is 3.02. The maximum Gasteiger partial charge on any atom is 0.0277 e. The average molecular weight is 300 g/mol. The summed E-state index contributed by atoms with van der Waals surface area (Å²) >= 11 is 5.62. The number of hydrogen-bond acceptors (Lipinski definition) is 2. The first-order valence-corrected chi connectivity index (χ1v) is 7.56. The molecule has 0 aromatic heterocycles. The molecule has 1 aliphatic carbocycles. The van der Waals surface area contributed by atoms with E-state index in [4.69, 9.17) is 5.73 Å². The standard InChI is InChI=1S/C13H18BrNS/c1-9(15)12-7-6-11(8-13(12)14)16-10-4-2-3-5-10/h6-10H,2-5,15H2,1H3. The highest BCUT2D eigenvalue weighted by atomic mass is 79.9. The summed E-state index contributed by atoms with van der Waals surface area (Å²) in [5, 5.41) is 0.827. The zero-order valence-electron chi connectivity index (χ0n) is 9.58. The Kier molecular flexibility index (Phi) is 4.34. The number of rotatable bonds is 3. The second-order valence-electron chi connectivity index (χ2n) is 4.50. The second-order valence-corrected chi connectivity index (χ2v) is 6.72. The highest BCUT2D eigenvalue weighted by Crippen LogP contribution is 2.36. The van der Waals surface area contributed by atoms with E-state index in [1.54, 1.807) is 0 Å². The van der Waals surface area contributed by atoms with Crippen LogP contribution in [0.5, 0.6) is 0 Å². The third-order valence-corrected chi connectivity index (χ3v) is 5.09. The van der Waals surface area contributed by atoms with Crippen molar-refractivity contribution < 1.29 is 0 Å². The molecule has 0 spiro atoms. The van der Waals surface area contributed by atoms with Gasteiger partial charge in [0.2, 0.25) is 0 Å². The molecule has 2 rings (SSSR count). The molecule has 1 nitrogen and oxygen atoms in total. The molecule has 0 saturated heterocycles. The van der Waals surface area contributed by atoms with Crippen LogP contribution in [0.25, 0.3) is 0 Å². The molecule has 0 aliphatic heterocycles. The predicted molar refractivity (Wildman–Crippen MR) is 74.9 cm³/mol. The molecule has 88 valence electrons. The topological polar surface area (TPSA) is 26.0 Å². The molecule has 1 aliphatic rings. The first-order valence-electron chi connectivity index (χ1n) is 5.88. The van der Waals surface area contributed by atoms with Gasteiger partial charge in [0.1, 0.15) is 0 Å². The van der Waals surface area contributed by atoms with Gasteiger partial charge in [0, 0.05) is 20.7 Å². The van der Waals surface area contributed by atoms with E-state index in [1.165, 1.54) is 36.1 Å². The number of benzene rings is 1.